The Balaban J connectivity index is 1.61. The Bertz CT molecular complexity index is 282. The number of ketones is 1. The summed E-state index contributed by atoms with van der Waals surface area (Å²) in [5.41, 5.74) is 0. The molecule has 2 rings (SSSR count). The van der Waals surface area contributed by atoms with E-state index in [0.29, 0.717) is 5.78 Å². The van der Waals surface area contributed by atoms with E-state index < -0.39 is 0 Å². The van der Waals surface area contributed by atoms with Crippen molar-refractivity contribution in [1.29, 1.82) is 0 Å². The summed E-state index contributed by atoms with van der Waals surface area (Å²) in [7, 11) is 4.50. The number of hydrogen-bond donors (Lipinski definition) is 0. The second-order valence-corrected chi connectivity index (χ2v) is 6.80. The average Bonchev–Trinajstić information content (AvgIpc) is 2.39. The first-order chi connectivity index (χ1) is 9.13. The zero-order valence-corrected chi connectivity index (χ0v) is 12.7. The van der Waals surface area contributed by atoms with Gasteiger partial charge in [-0.2, -0.15) is 0 Å². The van der Waals surface area contributed by atoms with Crippen molar-refractivity contribution in [1.82, 2.24) is 9.80 Å². The fourth-order valence-corrected chi connectivity index (χ4v) is 3.63. The fourth-order valence-electron chi connectivity index (χ4n) is 3.63. The molecule has 1 atom stereocenters. The molecule has 0 N–H and O–H groups in total. The van der Waals surface area contributed by atoms with Crippen LogP contribution in [0, 0.1) is 11.8 Å². The lowest BCUT2D eigenvalue weighted by atomic mass is 9.88. The Morgan fingerprint density at radius 3 is 2.63 bits per heavy atom. The summed E-state index contributed by atoms with van der Waals surface area (Å²) in [5.74, 6) is 2.13. The Kier molecular flexibility index (Phi) is 5.83. The van der Waals surface area contributed by atoms with E-state index in [2.05, 4.69) is 23.9 Å². The highest BCUT2D eigenvalue weighted by molar-refractivity contribution is 5.79. The van der Waals surface area contributed by atoms with Crippen LogP contribution in [0.25, 0.3) is 0 Å². The van der Waals surface area contributed by atoms with Crippen LogP contribution in [0.1, 0.15) is 44.9 Å². The van der Waals surface area contributed by atoms with E-state index in [-0.39, 0.29) is 0 Å². The predicted octanol–water partition coefficient (Wildman–Crippen LogP) is 2.41. The van der Waals surface area contributed by atoms with Crippen LogP contribution in [0.4, 0.5) is 0 Å². The topological polar surface area (TPSA) is 23.6 Å². The standard InChI is InChI=1S/C16H30N2O/c1-17-10-3-4-14(12-17)9-11-18(2)13-15-5-7-16(19)8-6-15/h14-15H,3-13H2,1-2H3. The van der Waals surface area contributed by atoms with Crippen LogP contribution in [-0.4, -0.2) is 55.9 Å². The number of likely N-dealkylation sites (tertiary alicyclic amines) is 1. The van der Waals surface area contributed by atoms with Gasteiger partial charge in [0.25, 0.3) is 0 Å². The lowest BCUT2D eigenvalue weighted by molar-refractivity contribution is -0.121. The third-order valence-electron chi connectivity index (χ3n) is 4.87. The molecule has 110 valence electrons. The zero-order valence-electron chi connectivity index (χ0n) is 12.7. The predicted molar refractivity (Wildman–Crippen MR) is 79.3 cm³/mol. The zero-order chi connectivity index (χ0) is 13.7. The van der Waals surface area contributed by atoms with Gasteiger partial charge in [0, 0.05) is 25.9 Å². The lowest BCUT2D eigenvalue weighted by Gasteiger charge is -2.32. The minimum Gasteiger partial charge on any atom is -0.306 e. The molecule has 3 nitrogen and oxygen atoms in total. The molecule has 0 aromatic carbocycles. The molecule has 0 spiro atoms. The average molecular weight is 266 g/mol. The SMILES string of the molecule is CN1CCCC(CCN(C)CC2CCC(=O)CC2)C1. The Labute approximate surface area is 118 Å². The number of nitrogens with zero attached hydrogens (tertiary/aromatic N) is 2. The summed E-state index contributed by atoms with van der Waals surface area (Å²) in [6.07, 6.45) is 8.01. The van der Waals surface area contributed by atoms with E-state index in [0.717, 1.165) is 37.5 Å². The molecule has 1 aliphatic heterocycles. The normalized spacial score (nSPS) is 27.1. The molecule has 19 heavy (non-hydrogen) atoms. The lowest BCUT2D eigenvalue weighted by Crippen LogP contribution is -2.35. The third-order valence-corrected chi connectivity index (χ3v) is 4.87. The highest BCUT2D eigenvalue weighted by Gasteiger charge is 2.21. The largest absolute Gasteiger partial charge is 0.306 e. The number of piperidine rings is 1. The number of rotatable bonds is 5. The van der Waals surface area contributed by atoms with Crippen molar-refractivity contribution in [2.45, 2.75) is 44.9 Å². The molecule has 2 fully saturated rings. The number of Topliss-reactive ketones (excluding diaryl/α,β-unsaturated/α-hetero) is 1. The molecular weight excluding hydrogens is 236 g/mol. The van der Waals surface area contributed by atoms with E-state index >= 15 is 0 Å². The van der Waals surface area contributed by atoms with Crippen LogP contribution in [0.3, 0.4) is 0 Å². The van der Waals surface area contributed by atoms with Gasteiger partial charge in [-0.05, 0) is 71.1 Å². The van der Waals surface area contributed by atoms with Crippen molar-refractivity contribution in [3.8, 4) is 0 Å². The molecular formula is C16H30N2O. The first-order valence-electron chi connectivity index (χ1n) is 8.02. The molecule has 0 amide bonds. The summed E-state index contributed by atoms with van der Waals surface area (Å²) < 4.78 is 0. The minimum atomic E-state index is 0.476. The Morgan fingerprint density at radius 2 is 1.95 bits per heavy atom. The van der Waals surface area contributed by atoms with Crippen molar-refractivity contribution in [2.24, 2.45) is 11.8 Å². The van der Waals surface area contributed by atoms with Gasteiger partial charge < -0.3 is 9.80 Å². The summed E-state index contributed by atoms with van der Waals surface area (Å²) in [6.45, 7) is 4.98. The summed E-state index contributed by atoms with van der Waals surface area (Å²) >= 11 is 0. The molecule has 0 bridgehead atoms. The highest BCUT2D eigenvalue weighted by atomic mass is 16.1. The highest BCUT2D eigenvalue weighted by Crippen LogP contribution is 2.23. The van der Waals surface area contributed by atoms with E-state index in [1.807, 2.05) is 0 Å². The maximum Gasteiger partial charge on any atom is 0.132 e. The number of carbonyl (C=O) groups is 1. The fraction of sp³-hybridized carbons (Fsp3) is 0.938. The van der Waals surface area contributed by atoms with Gasteiger partial charge in [-0.1, -0.05) is 0 Å². The minimum absolute atomic E-state index is 0.476. The molecule has 1 aliphatic carbocycles. The molecule has 2 aliphatic rings. The molecule has 1 heterocycles. The van der Waals surface area contributed by atoms with Crippen LogP contribution in [0.2, 0.25) is 0 Å². The van der Waals surface area contributed by atoms with Gasteiger partial charge in [-0.3, -0.25) is 4.79 Å². The smallest absolute Gasteiger partial charge is 0.132 e. The van der Waals surface area contributed by atoms with Crippen molar-refractivity contribution in [3.63, 3.8) is 0 Å². The maximum atomic E-state index is 11.2. The van der Waals surface area contributed by atoms with Crippen molar-refractivity contribution in [2.75, 3.05) is 40.3 Å². The van der Waals surface area contributed by atoms with E-state index in [9.17, 15) is 4.79 Å². The summed E-state index contributed by atoms with van der Waals surface area (Å²) in [5, 5.41) is 0. The van der Waals surface area contributed by atoms with E-state index in [4.69, 9.17) is 0 Å². The van der Waals surface area contributed by atoms with Crippen LogP contribution in [0.15, 0.2) is 0 Å². The molecule has 0 radical (unpaired) electrons. The monoisotopic (exact) mass is 266 g/mol. The van der Waals surface area contributed by atoms with Gasteiger partial charge in [0.05, 0.1) is 0 Å². The van der Waals surface area contributed by atoms with Crippen LogP contribution >= 0.6 is 0 Å². The van der Waals surface area contributed by atoms with Crippen LogP contribution < -0.4 is 0 Å². The van der Waals surface area contributed by atoms with Crippen molar-refractivity contribution >= 4 is 5.78 Å². The first kappa shape index (κ1) is 15.0. The van der Waals surface area contributed by atoms with E-state index in [1.165, 1.54) is 45.4 Å². The molecule has 0 aromatic heterocycles. The van der Waals surface area contributed by atoms with Gasteiger partial charge in [0.2, 0.25) is 0 Å². The maximum absolute atomic E-state index is 11.2. The molecule has 1 unspecified atom stereocenters. The quantitative estimate of drug-likeness (QED) is 0.763. The van der Waals surface area contributed by atoms with E-state index in [1.54, 1.807) is 0 Å². The van der Waals surface area contributed by atoms with Crippen molar-refractivity contribution < 1.29 is 4.79 Å². The molecule has 1 saturated heterocycles. The van der Waals surface area contributed by atoms with Crippen LogP contribution in [-0.2, 0) is 4.79 Å². The van der Waals surface area contributed by atoms with Gasteiger partial charge in [0.15, 0.2) is 0 Å². The Hall–Kier alpha value is -0.410. The molecule has 0 aromatic rings. The number of carbonyl (C=O) groups excluding carboxylic acids is 1. The first-order valence-corrected chi connectivity index (χ1v) is 8.02. The van der Waals surface area contributed by atoms with Gasteiger partial charge in [-0.25, -0.2) is 0 Å². The second-order valence-electron chi connectivity index (χ2n) is 6.80. The van der Waals surface area contributed by atoms with Gasteiger partial charge in [0.1, 0.15) is 5.78 Å². The molecule has 3 heteroatoms. The second kappa shape index (κ2) is 7.39. The van der Waals surface area contributed by atoms with Gasteiger partial charge >= 0.3 is 0 Å². The number of hydrogen-bond acceptors (Lipinski definition) is 3. The third kappa shape index (κ3) is 5.23. The summed E-state index contributed by atoms with van der Waals surface area (Å²) in [6, 6.07) is 0. The summed E-state index contributed by atoms with van der Waals surface area (Å²) in [4.78, 5) is 16.2. The molecule has 1 saturated carbocycles. The Morgan fingerprint density at radius 1 is 1.21 bits per heavy atom. The van der Waals surface area contributed by atoms with Crippen LogP contribution in [0.5, 0.6) is 0 Å². The van der Waals surface area contributed by atoms with Gasteiger partial charge in [-0.15, -0.1) is 0 Å². The van der Waals surface area contributed by atoms with Crippen molar-refractivity contribution in [3.05, 3.63) is 0 Å².